The van der Waals surface area contributed by atoms with Gasteiger partial charge in [-0.1, -0.05) is 12.1 Å². The quantitative estimate of drug-likeness (QED) is 0.526. The summed E-state index contributed by atoms with van der Waals surface area (Å²) in [4.78, 5) is 52.4. The molecule has 1 heterocycles. The van der Waals surface area contributed by atoms with Crippen LogP contribution in [-0.2, 0) is 30.5 Å². The Labute approximate surface area is 170 Å². The van der Waals surface area contributed by atoms with Gasteiger partial charge in [0.25, 0.3) is 0 Å². The van der Waals surface area contributed by atoms with Crippen molar-refractivity contribution in [2.45, 2.75) is 39.3 Å². The number of rotatable bonds is 6. The third kappa shape index (κ3) is 6.04. The highest BCUT2D eigenvalue weighted by molar-refractivity contribution is 6.19. The molecular formula is C21H28N2O6. The van der Waals surface area contributed by atoms with Crippen LogP contribution in [0, 0.1) is 5.92 Å². The summed E-state index contributed by atoms with van der Waals surface area (Å²) in [6.45, 7) is 5.37. The molecular weight excluding hydrogens is 376 g/mol. The number of ketones is 1. The van der Waals surface area contributed by atoms with E-state index in [1.165, 1.54) is 11.9 Å². The van der Waals surface area contributed by atoms with Crippen LogP contribution in [-0.4, -0.2) is 66.2 Å². The molecule has 1 aromatic carbocycles. The van der Waals surface area contributed by atoms with Crippen molar-refractivity contribution in [2.75, 3.05) is 27.2 Å². The summed E-state index contributed by atoms with van der Waals surface area (Å²) in [5.41, 5.74) is 0.175. The molecule has 0 bridgehead atoms. The zero-order valence-electron chi connectivity index (χ0n) is 17.6. The lowest BCUT2D eigenvalue weighted by atomic mass is 9.93. The van der Waals surface area contributed by atoms with E-state index < -0.39 is 35.1 Å². The highest BCUT2D eigenvalue weighted by Crippen LogP contribution is 2.21. The number of hydrogen-bond acceptors (Lipinski definition) is 6. The molecule has 2 rings (SSSR count). The molecule has 0 aromatic heterocycles. The predicted octanol–water partition coefficient (Wildman–Crippen LogP) is 1.41. The summed E-state index contributed by atoms with van der Waals surface area (Å²) in [5.74, 6) is -2.98. The van der Waals surface area contributed by atoms with Gasteiger partial charge in [0.2, 0.25) is 11.8 Å². The van der Waals surface area contributed by atoms with Gasteiger partial charge in [0.05, 0.1) is 7.11 Å². The summed E-state index contributed by atoms with van der Waals surface area (Å²) in [5, 5.41) is 0. The van der Waals surface area contributed by atoms with Gasteiger partial charge in [-0.05, 0) is 38.5 Å². The Morgan fingerprint density at radius 2 is 1.79 bits per heavy atom. The zero-order valence-corrected chi connectivity index (χ0v) is 17.6. The van der Waals surface area contributed by atoms with Crippen LogP contribution >= 0.6 is 0 Å². The Hall–Kier alpha value is -2.90. The van der Waals surface area contributed by atoms with Crippen molar-refractivity contribution in [3.8, 4) is 5.75 Å². The summed E-state index contributed by atoms with van der Waals surface area (Å²) in [6, 6.07) is 7.22. The molecule has 29 heavy (non-hydrogen) atoms. The standard InChI is InChI=1S/C21H28N2O6/c1-21(2,3)29-17(25)13-22(4)19(26)18-16(24)10-11-23(20(18)27)12-14-6-8-15(28-5)9-7-14/h6-9,18H,10-13H2,1-5H3. The summed E-state index contributed by atoms with van der Waals surface area (Å²) >= 11 is 0. The van der Waals surface area contributed by atoms with Crippen molar-refractivity contribution in [3.05, 3.63) is 29.8 Å². The molecule has 0 aliphatic carbocycles. The normalized spacial score (nSPS) is 17.1. The Morgan fingerprint density at radius 1 is 1.17 bits per heavy atom. The topological polar surface area (TPSA) is 93.2 Å². The van der Waals surface area contributed by atoms with Gasteiger partial charge in [0.1, 0.15) is 17.9 Å². The first-order valence-electron chi connectivity index (χ1n) is 9.43. The van der Waals surface area contributed by atoms with Crippen molar-refractivity contribution in [1.82, 2.24) is 9.80 Å². The molecule has 0 N–H and O–H groups in total. The maximum absolute atomic E-state index is 12.8. The van der Waals surface area contributed by atoms with Crippen LogP contribution in [0.5, 0.6) is 5.75 Å². The fraction of sp³-hybridized carbons (Fsp3) is 0.524. The minimum Gasteiger partial charge on any atom is -0.497 e. The Balaban J connectivity index is 2.05. The van der Waals surface area contributed by atoms with Gasteiger partial charge < -0.3 is 19.3 Å². The van der Waals surface area contributed by atoms with Gasteiger partial charge in [-0.15, -0.1) is 0 Å². The van der Waals surface area contributed by atoms with E-state index in [2.05, 4.69) is 0 Å². The van der Waals surface area contributed by atoms with E-state index in [-0.39, 0.29) is 26.1 Å². The molecule has 0 radical (unpaired) electrons. The fourth-order valence-electron chi connectivity index (χ4n) is 3.04. The van der Waals surface area contributed by atoms with Crippen molar-refractivity contribution in [2.24, 2.45) is 5.92 Å². The van der Waals surface area contributed by atoms with Gasteiger partial charge in [-0.2, -0.15) is 0 Å². The number of nitrogens with zero attached hydrogens (tertiary/aromatic N) is 2. The predicted molar refractivity (Wildman–Crippen MR) is 105 cm³/mol. The molecule has 1 atom stereocenters. The van der Waals surface area contributed by atoms with Gasteiger partial charge in [-0.3, -0.25) is 19.2 Å². The smallest absolute Gasteiger partial charge is 0.326 e. The van der Waals surface area contributed by atoms with Crippen LogP contribution in [0.3, 0.4) is 0 Å². The van der Waals surface area contributed by atoms with Gasteiger partial charge in [0, 0.05) is 26.6 Å². The molecule has 0 saturated carbocycles. The third-order valence-electron chi connectivity index (χ3n) is 4.45. The Bertz CT molecular complexity index is 781. The average molecular weight is 404 g/mol. The maximum atomic E-state index is 12.8. The lowest BCUT2D eigenvalue weighted by Crippen LogP contribution is -2.52. The second-order valence-corrected chi connectivity index (χ2v) is 8.04. The first-order valence-corrected chi connectivity index (χ1v) is 9.43. The molecule has 158 valence electrons. The van der Waals surface area contributed by atoms with Crippen molar-refractivity contribution < 1.29 is 28.7 Å². The van der Waals surface area contributed by atoms with E-state index in [4.69, 9.17) is 9.47 Å². The summed E-state index contributed by atoms with van der Waals surface area (Å²) in [6.07, 6.45) is 0.0958. The van der Waals surface area contributed by atoms with E-state index in [0.717, 1.165) is 10.5 Å². The minimum absolute atomic E-state index is 0.0958. The minimum atomic E-state index is -1.42. The second kappa shape index (κ2) is 9.07. The Morgan fingerprint density at radius 3 is 2.34 bits per heavy atom. The molecule has 0 spiro atoms. The summed E-state index contributed by atoms with van der Waals surface area (Å²) < 4.78 is 10.3. The number of hydrogen-bond donors (Lipinski definition) is 0. The zero-order chi connectivity index (χ0) is 21.8. The average Bonchev–Trinajstić information content (AvgIpc) is 2.63. The largest absolute Gasteiger partial charge is 0.497 e. The number of benzene rings is 1. The number of piperidine rings is 1. The van der Waals surface area contributed by atoms with Crippen molar-refractivity contribution in [3.63, 3.8) is 0 Å². The number of methoxy groups -OCH3 is 1. The molecule has 1 fully saturated rings. The van der Waals surface area contributed by atoms with E-state index in [0.29, 0.717) is 5.75 Å². The number of likely N-dealkylation sites (N-methyl/N-ethyl adjacent to an activating group) is 1. The number of esters is 1. The third-order valence-corrected chi connectivity index (χ3v) is 4.45. The summed E-state index contributed by atoms with van der Waals surface area (Å²) in [7, 11) is 2.95. The SMILES string of the molecule is COc1ccc(CN2CCC(=O)C(C(=O)N(C)CC(=O)OC(C)(C)C)C2=O)cc1. The van der Waals surface area contributed by atoms with E-state index in [9.17, 15) is 19.2 Å². The molecule has 1 aliphatic rings. The maximum Gasteiger partial charge on any atom is 0.326 e. The first kappa shape index (κ1) is 22.4. The lowest BCUT2D eigenvalue weighted by molar-refractivity contribution is -0.162. The van der Waals surface area contributed by atoms with Gasteiger partial charge in [0.15, 0.2) is 11.7 Å². The fourth-order valence-corrected chi connectivity index (χ4v) is 3.04. The molecule has 1 aromatic rings. The van der Waals surface area contributed by atoms with Crippen LogP contribution in [0.4, 0.5) is 0 Å². The van der Waals surface area contributed by atoms with Crippen LogP contribution in [0.15, 0.2) is 24.3 Å². The van der Waals surface area contributed by atoms with E-state index in [1.807, 2.05) is 12.1 Å². The van der Waals surface area contributed by atoms with E-state index >= 15 is 0 Å². The van der Waals surface area contributed by atoms with Crippen LogP contribution in [0.25, 0.3) is 0 Å². The number of carbonyl (C=O) groups excluding carboxylic acids is 4. The van der Waals surface area contributed by atoms with Crippen molar-refractivity contribution in [1.29, 1.82) is 0 Å². The molecule has 1 unspecified atom stereocenters. The van der Waals surface area contributed by atoms with Crippen LogP contribution < -0.4 is 4.74 Å². The molecule has 1 saturated heterocycles. The molecule has 1 aliphatic heterocycles. The number of amides is 2. The van der Waals surface area contributed by atoms with Gasteiger partial charge in [-0.25, -0.2) is 0 Å². The highest BCUT2D eigenvalue weighted by Gasteiger charge is 2.42. The number of carbonyl (C=O) groups is 4. The first-order chi connectivity index (χ1) is 13.5. The second-order valence-electron chi connectivity index (χ2n) is 8.04. The number of ether oxygens (including phenoxy) is 2. The number of likely N-dealkylation sites (tertiary alicyclic amines) is 1. The lowest BCUT2D eigenvalue weighted by Gasteiger charge is -2.32. The molecule has 2 amide bonds. The monoisotopic (exact) mass is 404 g/mol. The van der Waals surface area contributed by atoms with E-state index in [1.54, 1.807) is 40.0 Å². The number of Topliss-reactive ketones (excluding diaryl/α,β-unsaturated/α-hetero) is 1. The molecule has 8 heteroatoms. The van der Waals surface area contributed by atoms with Crippen molar-refractivity contribution >= 4 is 23.6 Å². The molecule has 8 nitrogen and oxygen atoms in total. The van der Waals surface area contributed by atoms with Crippen LogP contribution in [0.2, 0.25) is 0 Å². The van der Waals surface area contributed by atoms with Gasteiger partial charge >= 0.3 is 5.97 Å². The Kier molecular flexibility index (Phi) is 7.00. The van der Waals surface area contributed by atoms with Crippen LogP contribution in [0.1, 0.15) is 32.8 Å². The highest BCUT2D eigenvalue weighted by atomic mass is 16.6.